The number of hydrogen-bond acceptors (Lipinski definition) is 6. The number of nitro benzene ring substituents is 1. The van der Waals surface area contributed by atoms with E-state index in [0.29, 0.717) is 11.3 Å². The van der Waals surface area contributed by atoms with Crippen LogP contribution in [0.1, 0.15) is 17.0 Å². The van der Waals surface area contributed by atoms with Gasteiger partial charge in [-0.3, -0.25) is 10.1 Å². The molecule has 0 radical (unpaired) electrons. The van der Waals surface area contributed by atoms with E-state index in [1.54, 1.807) is 42.5 Å². The Kier molecular flexibility index (Phi) is 4.87. The standard InChI is InChI=1S/C25H18N2O5S/c26-25-24(33(30,31)17-9-2-1-3-10-17)22(19-12-6-7-13-21(19)27(28)29)20-15-14-16-8-4-5-11-18(16)23(20)32-25/h1-15,22H,26H2. The molecule has 0 aromatic heterocycles. The van der Waals surface area contributed by atoms with E-state index < -0.39 is 20.7 Å². The molecule has 8 heteroatoms. The van der Waals surface area contributed by atoms with Crippen molar-refractivity contribution in [1.29, 1.82) is 0 Å². The van der Waals surface area contributed by atoms with Crippen molar-refractivity contribution in [2.24, 2.45) is 5.73 Å². The molecule has 164 valence electrons. The topological polar surface area (TPSA) is 113 Å². The number of ether oxygens (including phenoxy) is 1. The van der Waals surface area contributed by atoms with E-state index in [0.717, 1.165) is 10.8 Å². The van der Waals surface area contributed by atoms with E-state index in [2.05, 4.69) is 0 Å². The average molecular weight is 458 g/mol. The Bertz CT molecular complexity index is 1550. The Labute approximate surface area is 189 Å². The molecular formula is C25H18N2O5S. The summed E-state index contributed by atoms with van der Waals surface area (Å²) < 4.78 is 33.4. The van der Waals surface area contributed by atoms with Gasteiger partial charge in [0.2, 0.25) is 15.7 Å². The molecule has 1 heterocycles. The second kappa shape index (κ2) is 7.75. The third-order valence-electron chi connectivity index (χ3n) is 5.73. The van der Waals surface area contributed by atoms with Gasteiger partial charge in [0.05, 0.1) is 15.7 Å². The molecule has 0 amide bonds. The van der Waals surface area contributed by atoms with Crippen molar-refractivity contribution < 1.29 is 18.1 Å². The summed E-state index contributed by atoms with van der Waals surface area (Å²) in [5, 5.41) is 13.5. The molecule has 1 atom stereocenters. The predicted molar refractivity (Wildman–Crippen MR) is 124 cm³/mol. The highest BCUT2D eigenvalue weighted by molar-refractivity contribution is 7.95. The number of benzene rings is 4. The molecule has 33 heavy (non-hydrogen) atoms. The minimum Gasteiger partial charge on any atom is -0.440 e. The van der Waals surface area contributed by atoms with Gasteiger partial charge in [0.1, 0.15) is 10.7 Å². The van der Waals surface area contributed by atoms with Crippen molar-refractivity contribution in [3.8, 4) is 5.75 Å². The molecule has 1 aliphatic heterocycles. The molecule has 1 unspecified atom stereocenters. The number of nitrogens with zero attached hydrogens (tertiary/aromatic N) is 1. The number of rotatable bonds is 4. The number of allylic oxidation sites excluding steroid dienone is 1. The van der Waals surface area contributed by atoms with Gasteiger partial charge >= 0.3 is 0 Å². The Hall–Kier alpha value is -4.17. The van der Waals surface area contributed by atoms with Gasteiger partial charge in [-0.15, -0.1) is 0 Å². The second-order valence-electron chi connectivity index (χ2n) is 7.60. The third kappa shape index (κ3) is 3.32. The van der Waals surface area contributed by atoms with Gasteiger partial charge in [-0.2, -0.15) is 0 Å². The number of sulfone groups is 1. The van der Waals surface area contributed by atoms with Gasteiger partial charge in [0.25, 0.3) is 5.69 Å². The Morgan fingerprint density at radius 2 is 1.48 bits per heavy atom. The summed E-state index contributed by atoms with van der Waals surface area (Å²) >= 11 is 0. The number of fused-ring (bicyclic) bond motifs is 3. The highest BCUT2D eigenvalue weighted by Crippen LogP contribution is 2.50. The first-order chi connectivity index (χ1) is 15.9. The third-order valence-corrected chi connectivity index (χ3v) is 7.63. The summed E-state index contributed by atoms with van der Waals surface area (Å²) in [5.41, 5.74) is 6.79. The quantitative estimate of drug-likeness (QED) is 0.345. The fourth-order valence-electron chi connectivity index (χ4n) is 4.27. The summed E-state index contributed by atoms with van der Waals surface area (Å²) in [7, 11) is -4.14. The molecule has 0 aliphatic carbocycles. The maximum absolute atomic E-state index is 13.7. The molecule has 0 saturated heterocycles. The van der Waals surface area contributed by atoms with Crippen LogP contribution in [-0.4, -0.2) is 13.3 Å². The number of nitro groups is 1. The van der Waals surface area contributed by atoms with Gasteiger partial charge < -0.3 is 10.5 Å². The van der Waals surface area contributed by atoms with Crippen LogP contribution in [0.3, 0.4) is 0 Å². The summed E-state index contributed by atoms with van der Waals surface area (Å²) in [6.45, 7) is 0. The average Bonchev–Trinajstić information content (AvgIpc) is 2.83. The number of nitrogens with two attached hydrogens (primary N) is 1. The molecule has 5 rings (SSSR count). The lowest BCUT2D eigenvalue weighted by Gasteiger charge is -2.30. The Morgan fingerprint density at radius 3 is 2.24 bits per heavy atom. The molecular weight excluding hydrogens is 440 g/mol. The van der Waals surface area contributed by atoms with Crippen LogP contribution in [0.25, 0.3) is 10.8 Å². The minimum atomic E-state index is -4.14. The van der Waals surface area contributed by atoms with Crippen molar-refractivity contribution in [3.63, 3.8) is 0 Å². The zero-order valence-corrected chi connectivity index (χ0v) is 18.0. The fourth-order valence-corrected chi connectivity index (χ4v) is 5.91. The predicted octanol–water partition coefficient (Wildman–Crippen LogP) is 4.87. The molecule has 4 aromatic carbocycles. The maximum Gasteiger partial charge on any atom is 0.273 e. The summed E-state index contributed by atoms with van der Waals surface area (Å²) in [4.78, 5) is 11.2. The zero-order chi connectivity index (χ0) is 23.2. The van der Waals surface area contributed by atoms with E-state index in [-0.39, 0.29) is 26.9 Å². The van der Waals surface area contributed by atoms with E-state index in [1.165, 1.54) is 18.2 Å². The largest absolute Gasteiger partial charge is 0.440 e. The summed E-state index contributed by atoms with van der Waals surface area (Å²) in [6, 6.07) is 25.0. The first-order valence-electron chi connectivity index (χ1n) is 10.1. The normalized spacial score (nSPS) is 15.7. The molecule has 2 N–H and O–H groups in total. The zero-order valence-electron chi connectivity index (χ0n) is 17.2. The van der Waals surface area contributed by atoms with Gasteiger partial charge in [-0.1, -0.05) is 72.8 Å². The van der Waals surface area contributed by atoms with E-state index in [9.17, 15) is 18.5 Å². The first-order valence-corrected chi connectivity index (χ1v) is 11.6. The Balaban J connectivity index is 1.86. The van der Waals surface area contributed by atoms with Crippen LogP contribution in [0, 0.1) is 10.1 Å². The maximum atomic E-state index is 13.7. The highest BCUT2D eigenvalue weighted by Gasteiger charge is 2.41. The van der Waals surface area contributed by atoms with E-state index in [4.69, 9.17) is 10.5 Å². The molecule has 0 fully saturated rings. The van der Waals surface area contributed by atoms with Crippen LogP contribution >= 0.6 is 0 Å². The van der Waals surface area contributed by atoms with Gasteiger partial charge in [-0.25, -0.2) is 8.42 Å². The van der Waals surface area contributed by atoms with Crippen LogP contribution in [0.4, 0.5) is 5.69 Å². The minimum absolute atomic E-state index is 0.0272. The van der Waals surface area contributed by atoms with Crippen molar-refractivity contribution in [2.45, 2.75) is 10.8 Å². The number of hydrogen-bond donors (Lipinski definition) is 1. The number of para-hydroxylation sites is 1. The van der Waals surface area contributed by atoms with Crippen LogP contribution in [-0.2, 0) is 9.84 Å². The second-order valence-corrected chi connectivity index (χ2v) is 9.52. The summed E-state index contributed by atoms with van der Waals surface area (Å²) in [6.07, 6.45) is 0. The van der Waals surface area contributed by atoms with E-state index in [1.807, 2.05) is 30.3 Å². The van der Waals surface area contributed by atoms with Crippen LogP contribution in [0.5, 0.6) is 5.75 Å². The van der Waals surface area contributed by atoms with Crippen molar-refractivity contribution in [2.75, 3.05) is 0 Å². The molecule has 1 aliphatic rings. The monoisotopic (exact) mass is 458 g/mol. The lowest BCUT2D eigenvalue weighted by Crippen LogP contribution is -2.27. The lowest BCUT2D eigenvalue weighted by molar-refractivity contribution is -0.385. The van der Waals surface area contributed by atoms with Gasteiger partial charge in [0.15, 0.2) is 0 Å². The van der Waals surface area contributed by atoms with E-state index >= 15 is 0 Å². The fraction of sp³-hybridized carbons (Fsp3) is 0.0400. The molecule has 0 bridgehead atoms. The SMILES string of the molecule is NC1=C(S(=O)(=O)c2ccccc2)C(c2ccccc2[N+](=O)[O-])c2ccc3ccccc3c2O1. The van der Waals surface area contributed by atoms with Crippen molar-refractivity contribution in [3.05, 3.63) is 123 Å². The van der Waals surface area contributed by atoms with Crippen molar-refractivity contribution in [1.82, 2.24) is 0 Å². The molecule has 0 spiro atoms. The lowest BCUT2D eigenvalue weighted by atomic mass is 9.86. The molecule has 7 nitrogen and oxygen atoms in total. The molecule has 0 saturated carbocycles. The smallest absolute Gasteiger partial charge is 0.273 e. The van der Waals surface area contributed by atoms with Crippen LogP contribution in [0.2, 0.25) is 0 Å². The van der Waals surface area contributed by atoms with Crippen LogP contribution < -0.4 is 10.5 Å². The summed E-state index contributed by atoms with van der Waals surface area (Å²) in [5.74, 6) is -0.934. The Morgan fingerprint density at radius 1 is 0.818 bits per heavy atom. The molecule has 4 aromatic rings. The van der Waals surface area contributed by atoms with Gasteiger partial charge in [-0.05, 0) is 17.5 Å². The highest BCUT2D eigenvalue weighted by atomic mass is 32.2. The van der Waals surface area contributed by atoms with Crippen molar-refractivity contribution >= 4 is 26.3 Å². The first kappa shape index (κ1) is 20.7. The van der Waals surface area contributed by atoms with Gasteiger partial charge in [0, 0.05) is 22.6 Å². The van der Waals surface area contributed by atoms with Crippen LogP contribution in [0.15, 0.2) is 107 Å².